The van der Waals surface area contributed by atoms with Crippen molar-refractivity contribution in [3.05, 3.63) is 58.6 Å². The van der Waals surface area contributed by atoms with Gasteiger partial charge in [0.1, 0.15) is 0 Å². The van der Waals surface area contributed by atoms with Crippen LogP contribution in [0.3, 0.4) is 0 Å². The lowest BCUT2D eigenvalue weighted by Gasteiger charge is -2.13. The topological polar surface area (TPSA) is 37.3 Å². The van der Waals surface area contributed by atoms with Gasteiger partial charge in [0.25, 0.3) is 0 Å². The molecule has 0 aliphatic rings. The van der Waals surface area contributed by atoms with Gasteiger partial charge in [-0.05, 0) is 23.3 Å². The molecular weight excluding hydrogens is 293 g/mol. The molecule has 2 aromatic carbocycles. The molecule has 0 aliphatic carbocycles. The summed E-state index contributed by atoms with van der Waals surface area (Å²) in [5.74, 6) is -1.44. The Morgan fingerprint density at radius 3 is 2.20 bits per heavy atom. The summed E-state index contributed by atoms with van der Waals surface area (Å²) in [6.07, 6.45) is -4.70. The van der Waals surface area contributed by atoms with Crippen LogP contribution < -0.4 is 0 Å². The van der Waals surface area contributed by atoms with Crippen LogP contribution in [0, 0.1) is 0 Å². The first-order chi connectivity index (χ1) is 9.30. The normalized spacial score (nSPS) is 11.4. The van der Waals surface area contributed by atoms with Crippen LogP contribution in [0.25, 0.3) is 11.1 Å². The molecule has 2 nitrogen and oxygen atoms in total. The second kappa shape index (κ2) is 5.17. The summed E-state index contributed by atoms with van der Waals surface area (Å²) in [4.78, 5) is 11.2. The van der Waals surface area contributed by atoms with Crippen molar-refractivity contribution in [3.8, 4) is 11.1 Å². The molecule has 1 N–H and O–H groups in total. The van der Waals surface area contributed by atoms with E-state index in [0.717, 1.165) is 6.07 Å². The Kier molecular flexibility index (Phi) is 3.72. The van der Waals surface area contributed by atoms with Gasteiger partial charge in [-0.3, -0.25) is 0 Å². The largest absolute Gasteiger partial charge is 0.478 e. The molecular formula is C14H8ClF3O2. The number of aromatic carboxylic acids is 1. The molecule has 2 aromatic rings. The smallest absolute Gasteiger partial charge is 0.417 e. The number of halogens is 4. The van der Waals surface area contributed by atoms with Gasteiger partial charge in [0.05, 0.1) is 16.1 Å². The van der Waals surface area contributed by atoms with Gasteiger partial charge in [0, 0.05) is 0 Å². The fraction of sp³-hybridized carbons (Fsp3) is 0.0714. The van der Waals surface area contributed by atoms with Gasteiger partial charge in [-0.25, -0.2) is 4.79 Å². The van der Waals surface area contributed by atoms with Crippen molar-refractivity contribution in [2.24, 2.45) is 0 Å². The summed E-state index contributed by atoms with van der Waals surface area (Å²) >= 11 is 5.63. The molecule has 0 saturated heterocycles. The molecule has 104 valence electrons. The quantitative estimate of drug-likeness (QED) is 0.871. The monoisotopic (exact) mass is 300 g/mol. The molecule has 0 fully saturated rings. The van der Waals surface area contributed by atoms with Crippen LogP contribution in [0.5, 0.6) is 0 Å². The molecule has 0 unspecified atom stereocenters. The summed E-state index contributed by atoms with van der Waals surface area (Å²) in [6, 6.07) is 9.83. The molecule has 0 aliphatic heterocycles. The number of carboxylic acids is 1. The highest BCUT2D eigenvalue weighted by Crippen LogP contribution is 2.38. The number of hydrogen-bond acceptors (Lipinski definition) is 1. The van der Waals surface area contributed by atoms with E-state index in [-0.39, 0.29) is 5.56 Å². The number of carbonyl (C=O) groups is 1. The van der Waals surface area contributed by atoms with Crippen LogP contribution in [0.15, 0.2) is 42.5 Å². The maximum Gasteiger partial charge on any atom is 0.417 e. The predicted octanol–water partition coefficient (Wildman–Crippen LogP) is 4.72. The number of rotatable bonds is 2. The van der Waals surface area contributed by atoms with E-state index >= 15 is 0 Å². The summed E-state index contributed by atoms with van der Waals surface area (Å²) in [7, 11) is 0. The fourth-order valence-electron chi connectivity index (χ4n) is 1.82. The maximum absolute atomic E-state index is 12.7. The van der Waals surface area contributed by atoms with E-state index in [1.54, 1.807) is 30.3 Å². The third kappa shape index (κ3) is 2.77. The van der Waals surface area contributed by atoms with E-state index in [4.69, 9.17) is 16.7 Å². The van der Waals surface area contributed by atoms with Crippen LogP contribution in [0.4, 0.5) is 13.2 Å². The molecule has 0 saturated carbocycles. The zero-order valence-corrected chi connectivity index (χ0v) is 10.7. The zero-order valence-electron chi connectivity index (χ0n) is 9.91. The van der Waals surface area contributed by atoms with Crippen molar-refractivity contribution in [2.45, 2.75) is 6.18 Å². The first-order valence-corrected chi connectivity index (χ1v) is 5.88. The van der Waals surface area contributed by atoms with Crippen LogP contribution in [-0.4, -0.2) is 11.1 Å². The second-order valence-corrected chi connectivity index (χ2v) is 4.45. The van der Waals surface area contributed by atoms with Crippen LogP contribution >= 0.6 is 11.6 Å². The van der Waals surface area contributed by atoms with Crippen molar-refractivity contribution in [2.75, 3.05) is 0 Å². The molecule has 0 bridgehead atoms. The number of benzene rings is 2. The second-order valence-electron chi connectivity index (χ2n) is 4.05. The number of alkyl halides is 3. The van der Waals surface area contributed by atoms with Crippen molar-refractivity contribution >= 4 is 17.6 Å². The molecule has 0 spiro atoms. The van der Waals surface area contributed by atoms with E-state index in [2.05, 4.69) is 0 Å². The third-order valence-corrected chi connectivity index (χ3v) is 3.04. The average molecular weight is 301 g/mol. The van der Waals surface area contributed by atoms with E-state index in [0.29, 0.717) is 11.6 Å². The molecule has 20 heavy (non-hydrogen) atoms. The summed E-state index contributed by atoms with van der Waals surface area (Å²) in [5, 5.41) is 8.57. The number of carboxylic acid groups (broad SMARTS) is 1. The van der Waals surface area contributed by atoms with Gasteiger partial charge >= 0.3 is 12.1 Å². The molecule has 0 atom stereocenters. The van der Waals surface area contributed by atoms with Crippen molar-refractivity contribution in [3.63, 3.8) is 0 Å². The Bertz CT molecular complexity index is 651. The highest BCUT2D eigenvalue weighted by molar-refractivity contribution is 6.32. The third-order valence-electron chi connectivity index (χ3n) is 2.73. The molecule has 0 aromatic heterocycles. The van der Waals surface area contributed by atoms with E-state index < -0.39 is 28.3 Å². The standard InChI is InChI=1S/C14H8ClF3O2/c15-12-7-9(8-4-2-1-3-5-8)10(13(19)20)6-11(12)14(16,17)18/h1-7H,(H,19,20). The van der Waals surface area contributed by atoms with Gasteiger partial charge in [0.2, 0.25) is 0 Å². The van der Waals surface area contributed by atoms with E-state index in [1.165, 1.54) is 0 Å². The minimum Gasteiger partial charge on any atom is -0.478 e. The van der Waals surface area contributed by atoms with Gasteiger partial charge in [-0.1, -0.05) is 41.9 Å². The zero-order chi connectivity index (χ0) is 14.9. The van der Waals surface area contributed by atoms with Gasteiger partial charge < -0.3 is 5.11 Å². The Balaban J connectivity index is 2.71. The summed E-state index contributed by atoms with van der Waals surface area (Å²) in [5.41, 5.74) is -0.958. The average Bonchev–Trinajstić information content (AvgIpc) is 2.37. The Hall–Kier alpha value is -2.01. The van der Waals surface area contributed by atoms with Crippen molar-refractivity contribution in [1.82, 2.24) is 0 Å². The van der Waals surface area contributed by atoms with Crippen LogP contribution in [0.1, 0.15) is 15.9 Å². The van der Waals surface area contributed by atoms with Gasteiger partial charge in [0.15, 0.2) is 0 Å². The molecule has 0 amide bonds. The molecule has 2 rings (SSSR count). The lowest BCUT2D eigenvalue weighted by atomic mass is 9.97. The Labute approximate surface area is 117 Å². The minimum atomic E-state index is -4.70. The first-order valence-electron chi connectivity index (χ1n) is 5.50. The van der Waals surface area contributed by atoms with Crippen LogP contribution in [0.2, 0.25) is 5.02 Å². The van der Waals surface area contributed by atoms with Gasteiger partial charge in [-0.15, -0.1) is 0 Å². The minimum absolute atomic E-state index is 0.149. The summed E-state index contributed by atoms with van der Waals surface area (Å²) in [6.45, 7) is 0. The Morgan fingerprint density at radius 1 is 1.10 bits per heavy atom. The number of hydrogen-bond donors (Lipinski definition) is 1. The highest BCUT2D eigenvalue weighted by atomic mass is 35.5. The lowest BCUT2D eigenvalue weighted by molar-refractivity contribution is -0.137. The predicted molar refractivity (Wildman–Crippen MR) is 68.8 cm³/mol. The SMILES string of the molecule is O=C(O)c1cc(C(F)(F)F)c(Cl)cc1-c1ccccc1. The highest BCUT2D eigenvalue weighted by Gasteiger charge is 2.34. The summed E-state index contributed by atoms with van der Waals surface area (Å²) < 4.78 is 38.2. The van der Waals surface area contributed by atoms with Crippen molar-refractivity contribution < 1.29 is 23.1 Å². The van der Waals surface area contributed by atoms with E-state index in [1.807, 2.05) is 0 Å². The Morgan fingerprint density at radius 2 is 1.70 bits per heavy atom. The van der Waals surface area contributed by atoms with Gasteiger partial charge in [-0.2, -0.15) is 13.2 Å². The molecule has 0 radical (unpaired) electrons. The fourth-order valence-corrected chi connectivity index (χ4v) is 2.09. The van der Waals surface area contributed by atoms with E-state index in [9.17, 15) is 18.0 Å². The molecule has 6 heteroatoms. The van der Waals surface area contributed by atoms with Crippen molar-refractivity contribution in [1.29, 1.82) is 0 Å². The maximum atomic E-state index is 12.7. The lowest BCUT2D eigenvalue weighted by Crippen LogP contribution is -2.09. The first kappa shape index (κ1) is 14.4. The molecule has 0 heterocycles. The van der Waals surface area contributed by atoms with Crippen LogP contribution in [-0.2, 0) is 6.18 Å².